The van der Waals surface area contributed by atoms with Gasteiger partial charge in [-0.25, -0.2) is 9.79 Å². The Bertz CT molecular complexity index is 649. The first-order valence-corrected chi connectivity index (χ1v) is 9.40. The van der Waals surface area contributed by atoms with E-state index in [9.17, 15) is 9.90 Å². The fourth-order valence-corrected chi connectivity index (χ4v) is 2.96. The molecule has 0 bridgehead atoms. The number of para-hydroxylation sites is 1. The second-order valence-corrected chi connectivity index (χ2v) is 6.27. The van der Waals surface area contributed by atoms with Crippen LogP contribution in [0.15, 0.2) is 23.2 Å². The number of aliphatic imine (C=N–C) groups is 1. The molecule has 28 heavy (non-hydrogen) atoms. The van der Waals surface area contributed by atoms with E-state index >= 15 is 0 Å². The van der Waals surface area contributed by atoms with Crippen molar-refractivity contribution in [1.29, 1.82) is 0 Å². The third-order valence-electron chi connectivity index (χ3n) is 4.42. The Labute approximate surface area is 183 Å². The number of amides is 1. The minimum Gasteiger partial charge on any atom is -0.504 e. The van der Waals surface area contributed by atoms with Crippen LogP contribution in [0.5, 0.6) is 11.5 Å². The number of piperidine rings is 1. The number of ether oxygens (including phenoxy) is 2. The molecule has 1 aromatic rings. The minimum absolute atomic E-state index is 0. The molecular formula is C19H31IN4O4. The van der Waals surface area contributed by atoms with Crippen LogP contribution in [0, 0.1) is 0 Å². The average molecular weight is 506 g/mol. The number of benzene rings is 1. The summed E-state index contributed by atoms with van der Waals surface area (Å²) < 4.78 is 10.2. The Balaban J connectivity index is 0.00000392. The van der Waals surface area contributed by atoms with Gasteiger partial charge in [-0.15, -0.1) is 24.0 Å². The number of methoxy groups -OCH3 is 1. The number of aromatic hydroxyl groups is 1. The van der Waals surface area contributed by atoms with Crippen molar-refractivity contribution < 1.29 is 19.4 Å². The number of hydrogen-bond donors (Lipinski definition) is 3. The summed E-state index contributed by atoms with van der Waals surface area (Å²) in [5.74, 6) is 1.24. The standard InChI is InChI=1S/C19H30N4O4.HI/c1-4-20-18(21-13-14-7-6-8-16(26-3)17(14)24)22-15-9-11-23(12-10-15)19(25)27-5-2;/h6-8,15,24H,4-5,9-13H2,1-3H3,(H2,20,21,22);1H. The molecule has 1 aromatic carbocycles. The van der Waals surface area contributed by atoms with Gasteiger partial charge >= 0.3 is 6.09 Å². The maximum atomic E-state index is 11.8. The molecule has 0 atom stereocenters. The average Bonchev–Trinajstić information content (AvgIpc) is 2.68. The first-order chi connectivity index (χ1) is 13.1. The molecule has 1 amide bonds. The van der Waals surface area contributed by atoms with E-state index in [1.807, 2.05) is 26.0 Å². The van der Waals surface area contributed by atoms with Crippen molar-refractivity contribution in [2.45, 2.75) is 39.3 Å². The predicted octanol–water partition coefficient (Wildman–Crippen LogP) is 2.69. The lowest BCUT2D eigenvalue weighted by atomic mass is 10.1. The van der Waals surface area contributed by atoms with Crippen LogP contribution in [0.1, 0.15) is 32.3 Å². The van der Waals surface area contributed by atoms with Gasteiger partial charge in [-0.1, -0.05) is 12.1 Å². The zero-order valence-corrected chi connectivity index (χ0v) is 19.1. The van der Waals surface area contributed by atoms with Crippen LogP contribution < -0.4 is 15.4 Å². The number of guanidine groups is 1. The molecule has 1 fully saturated rings. The van der Waals surface area contributed by atoms with Crippen molar-refractivity contribution in [3.63, 3.8) is 0 Å². The summed E-state index contributed by atoms with van der Waals surface area (Å²) in [6.45, 7) is 6.59. The number of nitrogens with one attached hydrogen (secondary N) is 2. The topological polar surface area (TPSA) is 95.4 Å². The van der Waals surface area contributed by atoms with Crippen molar-refractivity contribution >= 4 is 36.0 Å². The van der Waals surface area contributed by atoms with Crippen LogP contribution in [0.2, 0.25) is 0 Å². The monoisotopic (exact) mass is 506 g/mol. The third-order valence-corrected chi connectivity index (χ3v) is 4.42. The van der Waals surface area contributed by atoms with Crippen LogP contribution in [-0.4, -0.2) is 61.5 Å². The predicted molar refractivity (Wildman–Crippen MR) is 120 cm³/mol. The molecule has 1 heterocycles. The summed E-state index contributed by atoms with van der Waals surface area (Å²) in [7, 11) is 1.52. The van der Waals surface area contributed by atoms with Gasteiger partial charge in [0, 0.05) is 31.2 Å². The summed E-state index contributed by atoms with van der Waals surface area (Å²) >= 11 is 0. The summed E-state index contributed by atoms with van der Waals surface area (Å²) in [5.41, 5.74) is 0.698. The second-order valence-electron chi connectivity index (χ2n) is 6.27. The van der Waals surface area contributed by atoms with Gasteiger partial charge in [0.1, 0.15) is 0 Å². The molecule has 0 aromatic heterocycles. The van der Waals surface area contributed by atoms with Gasteiger partial charge in [0.2, 0.25) is 0 Å². The van der Waals surface area contributed by atoms with E-state index < -0.39 is 0 Å². The summed E-state index contributed by atoms with van der Waals surface area (Å²) in [4.78, 5) is 18.1. The fourth-order valence-electron chi connectivity index (χ4n) is 2.96. The number of phenols is 1. The van der Waals surface area contributed by atoms with E-state index in [2.05, 4.69) is 15.6 Å². The lowest BCUT2D eigenvalue weighted by Gasteiger charge is -2.32. The number of carbonyl (C=O) groups is 1. The van der Waals surface area contributed by atoms with Crippen LogP contribution in [-0.2, 0) is 11.3 Å². The number of phenolic OH excluding ortho intramolecular Hbond substituents is 1. The third kappa shape index (κ3) is 6.92. The Morgan fingerprint density at radius 1 is 1.32 bits per heavy atom. The first-order valence-electron chi connectivity index (χ1n) is 9.40. The maximum absolute atomic E-state index is 11.8. The first kappa shape index (κ1) is 24.1. The quantitative estimate of drug-likeness (QED) is 0.312. The molecule has 0 aliphatic carbocycles. The van der Waals surface area contributed by atoms with E-state index in [0.29, 0.717) is 43.5 Å². The smallest absolute Gasteiger partial charge is 0.409 e. The zero-order chi connectivity index (χ0) is 19.6. The van der Waals surface area contributed by atoms with Crippen LogP contribution >= 0.6 is 24.0 Å². The normalized spacial score (nSPS) is 14.8. The SMILES string of the molecule is CCNC(=NCc1cccc(OC)c1O)NC1CCN(C(=O)OCC)CC1.I. The van der Waals surface area contributed by atoms with Gasteiger partial charge < -0.3 is 30.1 Å². The Hall–Kier alpha value is -1.91. The van der Waals surface area contributed by atoms with Gasteiger partial charge in [0.15, 0.2) is 17.5 Å². The Kier molecular flexibility index (Phi) is 10.8. The van der Waals surface area contributed by atoms with Gasteiger partial charge in [-0.2, -0.15) is 0 Å². The van der Waals surface area contributed by atoms with Crippen molar-refractivity contribution in [3.05, 3.63) is 23.8 Å². The minimum atomic E-state index is -0.245. The van der Waals surface area contributed by atoms with Gasteiger partial charge in [0.25, 0.3) is 0 Å². The zero-order valence-electron chi connectivity index (χ0n) is 16.7. The lowest BCUT2D eigenvalue weighted by Crippen LogP contribution is -2.49. The molecule has 158 valence electrons. The molecule has 1 saturated heterocycles. The van der Waals surface area contributed by atoms with Crippen LogP contribution in [0.3, 0.4) is 0 Å². The highest BCUT2D eigenvalue weighted by atomic mass is 127. The van der Waals surface area contributed by atoms with Gasteiger partial charge in [0.05, 0.1) is 20.3 Å². The Morgan fingerprint density at radius 2 is 2.04 bits per heavy atom. The number of halogens is 1. The van der Waals surface area contributed by atoms with Crippen LogP contribution in [0.4, 0.5) is 4.79 Å². The number of carbonyl (C=O) groups excluding carboxylic acids is 1. The number of hydrogen-bond acceptors (Lipinski definition) is 5. The van der Waals surface area contributed by atoms with Crippen LogP contribution in [0.25, 0.3) is 0 Å². The van der Waals surface area contributed by atoms with Gasteiger partial charge in [-0.05, 0) is 32.8 Å². The van der Waals surface area contributed by atoms with Crippen molar-refractivity contribution in [3.8, 4) is 11.5 Å². The maximum Gasteiger partial charge on any atom is 0.409 e. The number of nitrogens with zero attached hydrogens (tertiary/aromatic N) is 2. The summed E-state index contributed by atoms with van der Waals surface area (Å²) in [6.07, 6.45) is 1.41. The van der Waals surface area contributed by atoms with Gasteiger partial charge in [-0.3, -0.25) is 0 Å². The van der Waals surface area contributed by atoms with Crippen molar-refractivity contribution in [2.75, 3.05) is 33.4 Å². The van der Waals surface area contributed by atoms with Crippen molar-refractivity contribution in [1.82, 2.24) is 15.5 Å². The molecule has 9 heteroatoms. The Morgan fingerprint density at radius 3 is 2.64 bits per heavy atom. The lowest BCUT2D eigenvalue weighted by molar-refractivity contribution is 0.0963. The molecule has 0 radical (unpaired) electrons. The molecule has 1 aliphatic heterocycles. The highest BCUT2D eigenvalue weighted by Crippen LogP contribution is 2.29. The summed E-state index contributed by atoms with van der Waals surface area (Å²) in [6, 6.07) is 5.59. The van der Waals surface area contributed by atoms with E-state index in [-0.39, 0.29) is 41.9 Å². The molecule has 0 unspecified atom stereocenters. The highest BCUT2D eigenvalue weighted by Gasteiger charge is 2.24. The number of rotatable bonds is 6. The molecule has 3 N–H and O–H groups in total. The second kappa shape index (κ2) is 12.5. The highest BCUT2D eigenvalue weighted by molar-refractivity contribution is 14.0. The summed E-state index contributed by atoms with van der Waals surface area (Å²) in [5, 5.41) is 16.8. The molecule has 8 nitrogen and oxygen atoms in total. The molecular weight excluding hydrogens is 475 g/mol. The molecule has 1 aliphatic rings. The van der Waals surface area contributed by atoms with E-state index in [1.54, 1.807) is 11.0 Å². The largest absolute Gasteiger partial charge is 0.504 e. The number of likely N-dealkylation sites (tertiary alicyclic amines) is 1. The van der Waals surface area contributed by atoms with Crippen molar-refractivity contribution in [2.24, 2.45) is 4.99 Å². The fraction of sp³-hybridized carbons (Fsp3) is 0.579. The molecule has 0 saturated carbocycles. The van der Waals surface area contributed by atoms with E-state index in [1.165, 1.54) is 7.11 Å². The van der Waals surface area contributed by atoms with E-state index in [0.717, 1.165) is 19.4 Å². The van der Waals surface area contributed by atoms with E-state index in [4.69, 9.17) is 9.47 Å². The molecule has 2 rings (SSSR count). The molecule has 0 spiro atoms.